The van der Waals surface area contributed by atoms with Gasteiger partial charge in [-0.1, -0.05) is 6.07 Å². The molecule has 3 fully saturated rings. The highest BCUT2D eigenvalue weighted by Crippen LogP contribution is 2.38. The predicted octanol–water partition coefficient (Wildman–Crippen LogP) is 1.84. The van der Waals surface area contributed by atoms with E-state index in [1.54, 1.807) is 4.90 Å². The lowest BCUT2D eigenvalue weighted by molar-refractivity contribution is -0.132. The number of aromatic nitrogens is 2. The molecule has 0 radical (unpaired) electrons. The largest absolute Gasteiger partial charge is 0.371 e. The van der Waals surface area contributed by atoms with Crippen LogP contribution in [0.4, 0.5) is 17.5 Å². The second kappa shape index (κ2) is 8.18. The Bertz CT molecular complexity index is 1220. The van der Waals surface area contributed by atoms with Crippen molar-refractivity contribution >= 4 is 34.2 Å². The lowest BCUT2D eigenvalue weighted by Gasteiger charge is -2.31. The number of rotatable bonds is 4. The highest BCUT2D eigenvalue weighted by Gasteiger charge is 2.42. The van der Waals surface area contributed by atoms with Crippen molar-refractivity contribution in [2.75, 3.05) is 60.6 Å². The maximum absolute atomic E-state index is 12.8. The number of piperidine rings is 1. The van der Waals surface area contributed by atoms with Crippen LogP contribution >= 0.6 is 0 Å². The summed E-state index contributed by atoms with van der Waals surface area (Å²) in [7, 11) is 0.783. The van der Waals surface area contributed by atoms with E-state index in [1.165, 1.54) is 29.7 Å². The zero-order valence-corrected chi connectivity index (χ0v) is 21.0. The fourth-order valence-corrected chi connectivity index (χ4v) is 7.81. The molecule has 5 heterocycles. The zero-order valence-electron chi connectivity index (χ0n) is 20.2. The number of nitrogens with one attached hydrogen (secondary N) is 1. The lowest BCUT2D eigenvalue weighted by atomic mass is 9.88. The summed E-state index contributed by atoms with van der Waals surface area (Å²) in [5.41, 5.74) is 5.35. The summed E-state index contributed by atoms with van der Waals surface area (Å²) in [6, 6.07) is 7.13. The van der Waals surface area contributed by atoms with E-state index >= 15 is 0 Å². The van der Waals surface area contributed by atoms with Gasteiger partial charge in [0.2, 0.25) is 11.9 Å². The second-order valence-electron chi connectivity index (χ2n) is 10.9. The number of likely N-dealkylation sites (N-methyl/N-ethyl adjacent to an activating group) is 1. The number of nitrogens with zero attached hydrogens (tertiary/aromatic N) is 5. The fraction of sp³-hybridized carbons (Fsp3) is 0.577. The third-order valence-corrected chi connectivity index (χ3v) is 10.1. The van der Waals surface area contributed by atoms with Crippen LogP contribution in [0.25, 0.3) is 0 Å². The Morgan fingerprint density at radius 3 is 2.43 bits per heavy atom. The summed E-state index contributed by atoms with van der Waals surface area (Å²) in [5, 5.41) is 3.55. The summed E-state index contributed by atoms with van der Waals surface area (Å²) in [6.07, 6.45) is 4.50. The van der Waals surface area contributed by atoms with E-state index in [9.17, 15) is 9.00 Å². The average molecular weight is 493 g/mol. The van der Waals surface area contributed by atoms with Gasteiger partial charge in [0, 0.05) is 81.9 Å². The Labute approximate surface area is 208 Å². The first-order valence-corrected chi connectivity index (χ1v) is 14.2. The van der Waals surface area contributed by atoms with Gasteiger partial charge in [-0.05, 0) is 42.5 Å². The number of amides is 1. The van der Waals surface area contributed by atoms with Gasteiger partial charge >= 0.3 is 0 Å². The third kappa shape index (κ3) is 3.70. The number of benzene rings is 1. The first-order valence-electron chi connectivity index (χ1n) is 12.9. The summed E-state index contributed by atoms with van der Waals surface area (Å²) in [6.45, 7) is 4.75. The number of hydrogen-bond acceptors (Lipinski definition) is 7. The van der Waals surface area contributed by atoms with Gasteiger partial charge in [0.05, 0.1) is 16.5 Å². The summed E-state index contributed by atoms with van der Waals surface area (Å²) >= 11 is 0. The van der Waals surface area contributed by atoms with Crippen molar-refractivity contribution in [3.05, 3.63) is 35.0 Å². The molecule has 0 unspecified atom stereocenters. The Morgan fingerprint density at radius 1 is 0.943 bits per heavy atom. The van der Waals surface area contributed by atoms with E-state index in [1.807, 2.05) is 7.05 Å². The Morgan fingerprint density at radius 2 is 1.71 bits per heavy atom. The van der Waals surface area contributed by atoms with Crippen LogP contribution in [0.2, 0.25) is 0 Å². The fourth-order valence-electron chi connectivity index (χ4n) is 6.49. The standard InChI is InChI=1S/C26H32N6O2S/c1-30-15-20(5-7-23(30)33)27-25-24-22(8-9-35(24)34)28-26(29-25)32-13-18-11-31(12-19(18)14-32)21-6-4-16-2-3-17(16)10-21/h4,6,10,18-20H,2-3,5,7-9,11-15H2,1H3,(H,27,28,29)/t18-,19+,20-,35-/m0/s1. The van der Waals surface area contributed by atoms with Crippen molar-refractivity contribution in [1.82, 2.24) is 14.9 Å². The Kier molecular flexibility index (Phi) is 5.05. The van der Waals surface area contributed by atoms with Crippen molar-refractivity contribution < 1.29 is 9.00 Å². The van der Waals surface area contributed by atoms with Crippen molar-refractivity contribution in [2.45, 2.75) is 43.0 Å². The monoisotopic (exact) mass is 492 g/mol. The minimum atomic E-state index is -1.06. The van der Waals surface area contributed by atoms with Crippen molar-refractivity contribution in [1.29, 1.82) is 0 Å². The molecule has 8 nitrogen and oxygen atoms in total. The number of carbonyl (C=O) groups is 1. The van der Waals surface area contributed by atoms with Crippen LogP contribution in [0, 0.1) is 11.8 Å². The van der Waals surface area contributed by atoms with E-state index in [2.05, 4.69) is 33.3 Å². The maximum atomic E-state index is 12.8. The first-order chi connectivity index (χ1) is 17.0. The van der Waals surface area contributed by atoms with Crippen LogP contribution < -0.4 is 15.1 Å². The number of anilines is 3. The number of fused-ring (bicyclic) bond motifs is 3. The molecule has 4 aliphatic heterocycles. The minimum Gasteiger partial charge on any atom is -0.371 e. The molecule has 0 bridgehead atoms. The molecule has 9 heteroatoms. The smallest absolute Gasteiger partial charge is 0.227 e. The first kappa shape index (κ1) is 21.6. The quantitative estimate of drug-likeness (QED) is 0.698. The highest BCUT2D eigenvalue weighted by molar-refractivity contribution is 7.85. The van der Waals surface area contributed by atoms with Crippen LogP contribution in [0.1, 0.15) is 29.7 Å². The van der Waals surface area contributed by atoms with E-state index in [4.69, 9.17) is 9.97 Å². The number of aryl methyl sites for hydroxylation is 3. The van der Waals surface area contributed by atoms with Crippen LogP contribution in [0.3, 0.4) is 0 Å². The van der Waals surface area contributed by atoms with E-state index in [-0.39, 0.29) is 11.9 Å². The molecule has 2 aromatic rings. The molecular weight excluding hydrogens is 460 g/mol. The van der Waals surface area contributed by atoms with E-state index in [0.29, 0.717) is 36.4 Å². The van der Waals surface area contributed by atoms with Gasteiger partial charge in [0.1, 0.15) is 10.7 Å². The van der Waals surface area contributed by atoms with Crippen molar-refractivity contribution in [3.63, 3.8) is 0 Å². The lowest BCUT2D eigenvalue weighted by Crippen LogP contribution is -2.43. The summed E-state index contributed by atoms with van der Waals surface area (Å²) < 4.78 is 12.8. The zero-order chi connectivity index (χ0) is 23.7. The average Bonchev–Trinajstić information content (AvgIpc) is 3.51. The molecule has 1 N–H and O–H groups in total. The summed E-state index contributed by atoms with van der Waals surface area (Å²) in [5.74, 6) is 3.51. The van der Waals surface area contributed by atoms with Gasteiger partial charge in [-0.15, -0.1) is 0 Å². The van der Waals surface area contributed by atoms with Gasteiger partial charge in [-0.2, -0.15) is 4.98 Å². The molecule has 1 amide bonds. The Hall–Kier alpha value is -2.68. The van der Waals surface area contributed by atoms with Crippen molar-refractivity contribution in [2.24, 2.45) is 11.8 Å². The highest BCUT2D eigenvalue weighted by atomic mass is 32.2. The Balaban J connectivity index is 1.09. The molecule has 3 saturated heterocycles. The predicted molar refractivity (Wildman–Crippen MR) is 137 cm³/mol. The van der Waals surface area contributed by atoms with Gasteiger partial charge in [0.15, 0.2) is 0 Å². The molecule has 1 aromatic carbocycles. The topological polar surface area (TPSA) is 81.7 Å². The molecule has 1 aliphatic carbocycles. The van der Waals surface area contributed by atoms with Crippen LogP contribution in [0.15, 0.2) is 23.1 Å². The number of likely N-dealkylation sites (tertiary alicyclic amines) is 1. The molecular formula is C26H32N6O2S. The number of carbonyl (C=O) groups excluding carboxylic acids is 1. The van der Waals surface area contributed by atoms with Gasteiger partial charge in [0.25, 0.3) is 0 Å². The van der Waals surface area contributed by atoms with Crippen LogP contribution in [0.5, 0.6) is 0 Å². The SMILES string of the molecule is CN1C[C@@H](Nc2nc(N3C[C@H]4CN(c5ccc6c(c5)CC6)C[C@H]4C3)nc3c2[S@@](=O)CC3)CCC1=O. The van der Waals surface area contributed by atoms with Gasteiger partial charge in [-0.3, -0.25) is 9.00 Å². The summed E-state index contributed by atoms with van der Waals surface area (Å²) in [4.78, 5) is 29.2. The molecule has 1 aromatic heterocycles. The third-order valence-electron chi connectivity index (χ3n) is 8.63. The van der Waals surface area contributed by atoms with E-state index in [0.717, 1.165) is 55.6 Å². The molecule has 0 saturated carbocycles. The van der Waals surface area contributed by atoms with Crippen molar-refractivity contribution in [3.8, 4) is 0 Å². The molecule has 184 valence electrons. The van der Waals surface area contributed by atoms with Gasteiger partial charge in [-0.25, -0.2) is 4.98 Å². The molecule has 4 atom stereocenters. The minimum absolute atomic E-state index is 0.122. The molecule has 35 heavy (non-hydrogen) atoms. The molecule has 0 spiro atoms. The maximum Gasteiger partial charge on any atom is 0.227 e. The van der Waals surface area contributed by atoms with E-state index < -0.39 is 10.8 Å². The van der Waals surface area contributed by atoms with Gasteiger partial charge < -0.3 is 20.0 Å². The van der Waals surface area contributed by atoms with Crippen LogP contribution in [-0.4, -0.2) is 76.6 Å². The number of hydrogen-bond donors (Lipinski definition) is 1. The molecule has 7 rings (SSSR count). The second-order valence-corrected chi connectivity index (χ2v) is 12.4. The normalized spacial score (nSPS) is 29.2. The van der Waals surface area contributed by atoms with Crippen LogP contribution in [-0.2, 0) is 34.9 Å². The molecule has 5 aliphatic rings.